The summed E-state index contributed by atoms with van der Waals surface area (Å²) in [6.07, 6.45) is 0.445. The van der Waals surface area contributed by atoms with Crippen molar-refractivity contribution in [1.82, 2.24) is 4.31 Å². The predicted molar refractivity (Wildman–Crippen MR) is 88.2 cm³/mol. The number of benzene rings is 1. The van der Waals surface area contributed by atoms with Crippen molar-refractivity contribution in [1.29, 1.82) is 0 Å². The highest BCUT2D eigenvalue weighted by Crippen LogP contribution is 2.37. The van der Waals surface area contributed by atoms with Gasteiger partial charge in [-0.05, 0) is 12.3 Å². The number of piperidine rings is 1. The second kappa shape index (κ2) is 7.16. The fourth-order valence-electron chi connectivity index (χ4n) is 2.85. The SMILES string of the molecule is COc1cc(Cl)c(S(=O)(=O)N2CC(C)CC(C(=O)O)C2)cc1OC. The molecule has 1 aromatic carbocycles. The first-order valence-electron chi connectivity index (χ1n) is 7.35. The third-order valence-electron chi connectivity index (χ3n) is 4.03. The highest BCUT2D eigenvalue weighted by atomic mass is 35.5. The number of nitrogens with zero attached hydrogens (tertiary/aromatic N) is 1. The Morgan fingerprint density at radius 1 is 1.25 bits per heavy atom. The minimum atomic E-state index is -3.95. The molecule has 1 N–H and O–H groups in total. The van der Waals surface area contributed by atoms with Crippen LogP contribution in [-0.4, -0.2) is 51.1 Å². The van der Waals surface area contributed by atoms with Crippen LogP contribution in [0.1, 0.15) is 13.3 Å². The van der Waals surface area contributed by atoms with E-state index in [1.807, 2.05) is 6.92 Å². The van der Waals surface area contributed by atoms with E-state index in [1.165, 1.54) is 30.7 Å². The minimum absolute atomic E-state index is 0.00208. The van der Waals surface area contributed by atoms with Gasteiger partial charge < -0.3 is 14.6 Å². The molecule has 1 aliphatic rings. The third kappa shape index (κ3) is 3.60. The van der Waals surface area contributed by atoms with Gasteiger partial charge in [0.1, 0.15) is 4.90 Å². The normalized spacial score (nSPS) is 22.2. The lowest BCUT2D eigenvalue weighted by Gasteiger charge is -2.34. The van der Waals surface area contributed by atoms with Crippen LogP contribution in [0.25, 0.3) is 0 Å². The number of carbonyl (C=O) groups is 1. The van der Waals surface area contributed by atoms with Gasteiger partial charge >= 0.3 is 5.97 Å². The first kappa shape index (κ1) is 18.8. The van der Waals surface area contributed by atoms with Crippen molar-refractivity contribution in [3.63, 3.8) is 0 Å². The zero-order valence-corrected chi connectivity index (χ0v) is 15.2. The van der Waals surface area contributed by atoms with Crippen LogP contribution in [0.4, 0.5) is 0 Å². The van der Waals surface area contributed by atoms with Crippen LogP contribution < -0.4 is 9.47 Å². The van der Waals surface area contributed by atoms with Gasteiger partial charge in [0.15, 0.2) is 11.5 Å². The molecular formula is C15H20ClNO6S. The monoisotopic (exact) mass is 377 g/mol. The number of halogens is 1. The van der Waals surface area contributed by atoms with Gasteiger partial charge in [-0.2, -0.15) is 4.31 Å². The fourth-order valence-corrected chi connectivity index (χ4v) is 4.96. The molecule has 1 fully saturated rings. The molecule has 0 bridgehead atoms. The zero-order valence-electron chi connectivity index (χ0n) is 13.7. The molecule has 0 aromatic heterocycles. The number of hydrogen-bond donors (Lipinski definition) is 1. The van der Waals surface area contributed by atoms with E-state index in [-0.39, 0.29) is 34.7 Å². The van der Waals surface area contributed by atoms with Gasteiger partial charge in [0.05, 0.1) is 25.2 Å². The number of hydrogen-bond acceptors (Lipinski definition) is 5. The molecule has 1 aliphatic heterocycles. The summed E-state index contributed by atoms with van der Waals surface area (Å²) in [4.78, 5) is 11.2. The number of ether oxygens (including phenoxy) is 2. The summed E-state index contributed by atoms with van der Waals surface area (Å²) in [6, 6.07) is 2.67. The van der Waals surface area contributed by atoms with Crippen LogP contribution in [-0.2, 0) is 14.8 Å². The molecule has 1 aromatic rings. The van der Waals surface area contributed by atoms with Gasteiger partial charge in [0.25, 0.3) is 0 Å². The van der Waals surface area contributed by atoms with Crippen LogP contribution in [0.15, 0.2) is 17.0 Å². The molecule has 2 unspecified atom stereocenters. The molecule has 24 heavy (non-hydrogen) atoms. The summed E-state index contributed by atoms with van der Waals surface area (Å²) < 4.78 is 37.3. The minimum Gasteiger partial charge on any atom is -0.493 e. The van der Waals surface area contributed by atoms with Crippen molar-refractivity contribution in [2.24, 2.45) is 11.8 Å². The Bertz CT molecular complexity index is 736. The molecule has 0 radical (unpaired) electrons. The number of sulfonamides is 1. The molecule has 0 saturated carbocycles. The highest BCUT2D eigenvalue weighted by molar-refractivity contribution is 7.89. The molecule has 7 nitrogen and oxygen atoms in total. The van der Waals surface area contributed by atoms with E-state index in [2.05, 4.69) is 0 Å². The lowest BCUT2D eigenvalue weighted by Crippen LogP contribution is -2.45. The molecule has 1 heterocycles. The van der Waals surface area contributed by atoms with Crippen LogP contribution >= 0.6 is 11.6 Å². The smallest absolute Gasteiger partial charge is 0.307 e. The Morgan fingerprint density at radius 2 is 1.83 bits per heavy atom. The summed E-state index contributed by atoms with van der Waals surface area (Å²) in [7, 11) is -1.13. The van der Waals surface area contributed by atoms with Crippen molar-refractivity contribution >= 4 is 27.6 Å². The molecule has 1 saturated heterocycles. The lowest BCUT2D eigenvalue weighted by atomic mass is 9.92. The van der Waals surface area contributed by atoms with E-state index in [4.69, 9.17) is 21.1 Å². The Kier molecular flexibility index (Phi) is 5.62. The van der Waals surface area contributed by atoms with Gasteiger partial charge in [-0.1, -0.05) is 18.5 Å². The second-order valence-corrected chi connectivity index (χ2v) is 8.15. The van der Waals surface area contributed by atoms with Crippen LogP contribution in [0.5, 0.6) is 11.5 Å². The first-order chi connectivity index (χ1) is 11.2. The predicted octanol–water partition coefficient (Wildman–Crippen LogP) is 2.09. The maximum atomic E-state index is 12.9. The lowest BCUT2D eigenvalue weighted by molar-refractivity contribution is -0.143. The molecule has 134 valence electrons. The summed E-state index contributed by atoms with van der Waals surface area (Å²) in [5, 5.41) is 9.23. The van der Waals surface area contributed by atoms with Crippen LogP contribution in [0, 0.1) is 11.8 Å². The number of rotatable bonds is 5. The molecule has 9 heteroatoms. The Morgan fingerprint density at radius 3 is 2.38 bits per heavy atom. The van der Waals surface area contributed by atoms with Gasteiger partial charge in [-0.25, -0.2) is 8.42 Å². The Labute approximate surface area is 146 Å². The Balaban J connectivity index is 2.44. The van der Waals surface area contributed by atoms with Crippen molar-refractivity contribution < 1.29 is 27.8 Å². The molecular weight excluding hydrogens is 358 g/mol. The van der Waals surface area contributed by atoms with Gasteiger partial charge in [0.2, 0.25) is 10.0 Å². The van der Waals surface area contributed by atoms with E-state index in [1.54, 1.807) is 0 Å². The number of aliphatic carboxylic acids is 1. The summed E-state index contributed by atoms with van der Waals surface area (Å²) in [6.45, 7) is 2.00. The number of methoxy groups -OCH3 is 2. The Hall–Kier alpha value is -1.51. The van der Waals surface area contributed by atoms with E-state index in [0.717, 1.165) is 0 Å². The zero-order chi connectivity index (χ0) is 18.1. The third-order valence-corrected chi connectivity index (χ3v) is 6.33. The average Bonchev–Trinajstić information content (AvgIpc) is 2.53. The van der Waals surface area contributed by atoms with Crippen molar-refractivity contribution in [3.05, 3.63) is 17.2 Å². The first-order valence-corrected chi connectivity index (χ1v) is 9.17. The maximum Gasteiger partial charge on any atom is 0.307 e. The summed E-state index contributed by atoms with van der Waals surface area (Å²) in [5.74, 6) is -1.24. The van der Waals surface area contributed by atoms with E-state index in [0.29, 0.717) is 12.2 Å². The molecule has 2 rings (SSSR count). The maximum absolute atomic E-state index is 12.9. The number of carboxylic acids is 1. The second-order valence-electron chi connectivity index (χ2n) is 5.84. The quantitative estimate of drug-likeness (QED) is 0.844. The van der Waals surface area contributed by atoms with Crippen molar-refractivity contribution in [2.45, 2.75) is 18.2 Å². The van der Waals surface area contributed by atoms with Gasteiger partial charge in [0, 0.05) is 25.2 Å². The van der Waals surface area contributed by atoms with E-state index >= 15 is 0 Å². The van der Waals surface area contributed by atoms with Gasteiger partial charge in [-0.3, -0.25) is 4.79 Å². The molecule has 2 atom stereocenters. The molecule has 0 aliphatic carbocycles. The standard InChI is InChI=1S/C15H20ClNO6S/c1-9-4-10(15(18)19)8-17(7-9)24(20,21)14-6-13(23-3)12(22-2)5-11(14)16/h5-6,9-10H,4,7-8H2,1-3H3,(H,18,19). The average molecular weight is 378 g/mol. The van der Waals surface area contributed by atoms with E-state index < -0.39 is 21.9 Å². The topological polar surface area (TPSA) is 93.1 Å². The summed E-state index contributed by atoms with van der Waals surface area (Å²) in [5.41, 5.74) is 0. The van der Waals surface area contributed by atoms with E-state index in [9.17, 15) is 18.3 Å². The highest BCUT2D eigenvalue weighted by Gasteiger charge is 2.37. The van der Waals surface area contributed by atoms with Crippen LogP contribution in [0.2, 0.25) is 5.02 Å². The van der Waals surface area contributed by atoms with Crippen molar-refractivity contribution in [2.75, 3.05) is 27.3 Å². The molecule has 0 amide bonds. The molecule has 0 spiro atoms. The summed E-state index contributed by atoms with van der Waals surface area (Å²) >= 11 is 6.12. The van der Waals surface area contributed by atoms with Gasteiger partial charge in [-0.15, -0.1) is 0 Å². The fraction of sp³-hybridized carbons (Fsp3) is 0.533. The van der Waals surface area contributed by atoms with Crippen LogP contribution in [0.3, 0.4) is 0 Å². The number of carboxylic acid groups (broad SMARTS) is 1. The van der Waals surface area contributed by atoms with Crippen molar-refractivity contribution in [3.8, 4) is 11.5 Å². The largest absolute Gasteiger partial charge is 0.493 e.